The molecule has 1 aromatic heterocycles. The summed E-state index contributed by atoms with van der Waals surface area (Å²) in [7, 11) is 1.76. The van der Waals surface area contributed by atoms with E-state index in [1.807, 2.05) is 12.3 Å². The Morgan fingerprint density at radius 2 is 2.00 bits per heavy atom. The van der Waals surface area contributed by atoms with Crippen LogP contribution in [0.1, 0.15) is 17.5 Å². The van der Waals surface area contributed by atoms with Gasteiger partial charge in [0.25, 0.3) is 0 Å². The quantitative estimate of drug-likeness (QED) is 0.896. The average Bonchev–Trinajstić information content (AvgIpc) is 2.73. The predicted octanol–water partition coefficient (Wildman–Crippen LogP) is 2.81. The molecule has 5 nitrogen and oxygen atoms in total. The third kappa shape index (κ3) is 3.63. The Bertz CT molecular complexity index is 726. The molecule has 0 aliphatic carbocycles. The first-order chi connectivity index (χ1) is 12.8. The number of anilines is 2. The van der Waals surface area contributed by atoms with Crippen molar-refractivity contribution in [2.45, 2.75) is 19.3 Å². The summed E-state index contributed by atoms with van der Waals surface area (Å²) in [6.07, 6.45) is 5.35. The number of nitrogens with zero attached hydrogens (tertiary/aromatic N) is 3. The number of fused-ring (bicyclic) bond motifs is 1. The van der Waals surface area contributed by atoms with Crippen LogP contribution in [0.15, 0.2) is 36.5 Å². The molecule has 0 spiro atoms. The summed E-state index contributed by atoms with van der Waals surface area (Å²) in [4.78, 5) is 9.43. The number of hydrogen-bond donors (Lipinski definition) is 1. The molecule has 0 atom stereocenters. The second kappa shape index (κ2) is 7.96. The van der Waals surface area contributed by atoms with Gasteiger partial charge < -0.3 is 15.0 Å². The van der Waals surface area contributed by atoms with Gasteiger partial charge in [0.2, 0.25) is 0 Å². The fraction of sp³-hybridized carbons (Fsp3) is 0.476. The normalized spacial score (nSPS) is 17.5. The van der Waals surface area contributed by atoms with Crippen molar-refractivity contribution in [3.63, 3.8) is 0 Å². The maximum atomic E-state index is 5.53. The van der Waals surface area contributed by atoms with E-state index in [0.29, 0.717) is 0 Å². The van der Waals surface area contributed by atoms with Crippen LogP contribution < -0.4 is 15.0 Å². The monoisotopic (exact) mass is 352 g/mol. The summed E-state index contributed by atoms with van der Waals surface area (Å²) in [5, 5.41) is 3.53. The zero-order chi connectivity index (χ0) is 17.8. The van der Waals surface area contributed by atoms with E-state index in [1.54, 1.807) is 7.11 Å². The van der Waals surface area contributed by atoms with Gasteiger partial charge in [-0.25, -0.2) is 4.98 Å². The molecule has 2 aliphatic rings. The number of benzene rings is 1. The van der Waals surface area contributed by atoms with Crippen molar-refractivity contribution in [2.75, 3.05) is 56.6 Å². The number of methoxy groups -OCH3 is 1. The molecule has 4 rings (SSSR count). The molecule has 3 heterocycles. The topological polar surface area (TPSA) is 40.6 Å². The highest BCUT2D eigenvalue weighted by atomic mass is 16.5. The van der Waals surface area contributed by atoms with E-state index in [-0.39, 0.29) is 0 Å². The highest BCUT2D eigenvalue weighted by Gasteiger charge is 2.20. The fourth-order valence-corrected chi connectivity index (χ4v) is 4.05. The molecule has 0 saturated carbocycles. The van der Waals surface area contributed by atoms with Gasteiger partial charge in [0.15, 0.2) is 0 Å². The molecule has 0 bridgehead atoms. The van der Waals surface area contributed by atoms with E-state index < -0.39 is 0 Å². The van der Waals surface area contributed by atoms with Gasteiger partial charge in [0.05, 0.1) is 12.8 Å². The number of pyridine rings is 1. The Hall–Kier alpha value is -2.27. The van der Waals surface area contributed by atoms with Gasteiger partial charge in [0.1, 0.15) is 11.6 Å². The SMILES string of the molecule is COc1ccc(CCN2CCN(c3ccccn3)CC2)c2c1NCCC2. The molecule has 2 aromatic rings. The highest BCUT2D eigenvalue weighted by molar-refractivity contribution is 5.66. The molecule has 26 heavy (non-hydrogen) atoms. The van der Waals surface area contributed by atoms with Gasteiger partial charge in [-0.3, -0.25) is 4.90 Å². The van der Waals surface area contributed by atoms with Crippen LogP contribution in [0.25, 0.3) is 0 Å². The van der Waals surface area contributed by atoms with Crippen LogP contribution in [0.5, 0.6) is 5.75 Å². The predicted molar refractivity (Wildman–Crippen MR) is 106 cm³/mol. The van der Waals surface area contributed by atoms with Gasteiger partial charge in [-0.2, -0.15) is 0 Å². The summed E-state index contributed by atoms with van der Waals surface area (Å²) >= 11 is 0. The van der Waals surface area contributed by atoms with E-state index in [9.17, 15) is 0 Å². The number of hydrogen-bond acceptors (Lipinski definition) is 5. The number of rotatable bonds is 5. The number of ether oxygens (including phenoxy) is 1. The lowest BCUT2D eigenvalue weighted by Gasteiger charge is -2.35. The lowest BCUT2D eigenvalue weighted by molar-refractivity contribution is 0.260. The van der Waals surface area contributed by atoms with Gasteiger partial charge in [-0.1, -0.05) is 12.1 Å². The fourth-order valence-electron chi connectivity index (χ4n) is 4.05. The maximum absolute atomic E-state index is 5.53. The first-order valence-corrected chi connectivity index (χ1v) is 9.66. The molecule has 1 saturated heterocycles. The molecule has 0 radical (unpaired) electrons. The first kappa shape index (κ1) is 17.2. The van der Waals surface area contributed by atoms with Crippen LogP contribution in [0.3, 0.4) is 0 Å². The largest absolute Gasteiger partial charge is 0.495 e. The number of nitrogens with one attached hydrogen (secondary N) is 1. The summed E-state index contributed by atoms with van der Waals surface area (Å²) in [5.74, 6) is 2.08. The molecule has 2 aliphatic heterocycles. The lowest BCUT2D eigenvalue weighted by Crippen LogP contribution is -2.47. The summed E-state index contributed by atoms with van der Waals surface area (Å²) in [6.45, 7) is 6.48. The minimum atomic E-state index is 0.979. The van der Waals surface area contributed by atoms with Crippen molar-refractivity contribution in [2.24, 2.45) is 0 Å². The van der Waals surface area contributed by atoms with Crippen molar-refractivity contribution in [3.05, 3.63) is 47.7 Å². The van der Waals surface area contributed by atoms with E-state index >= 15 is 0 Å². The average molecular weight is 352 g/mol. The molecule has 1 fully saturated rings. The lowest BCUT2D eigenvalue weighted by atomic mass is 9.95. The molecule has 138 valence electrons. The minimum absolute atomic E-state index is 0.979. The van der Waals surface area contributed by atoms with E-state index in [1.165, 1.54) is 23.2 Å². The standard InChI is InChI=1S/C21H28N4O/c1-26-19-8-7-17(18-5-4-11-23-21(18)19)9-12-24-13-15-25(16-14-24)20-6-2-3-10-22-20/h2-3,6-8,10,23H,4-5,9,11-16H2,1H3. The molecule has 0 amide bonds. The third-order valence-electron chi connectivity index (χ3n) is 5.54. The molecular formula is C21H28N4O. The van der Waals surface area contributed by atoms with Crippen LogP contribution in [0.2, 0.25) is 0 Å². The van der Waals surface area contributed by atoms with Crippen molar-refractivity contribution < 1.29 is 4.74 Å². The molecule has 5 heteroatoms. The molecule has 1 aromatic carbocycles. The first-order valence-electron chi connectivity index (χ1n) is 9.66. The Kier molecular flexibility index (Phi) is 5.25. The Balaban J connectivity index is 1.35. The molecule has 0 unspecified atom stereocenters. The van der Waals surface area contributed by atoms with Gasteiger partial charge in [-0.05, 0) is 48.6 Å². The smallest absolute Gasteiger partial charge is 0.142 e. The zero-order valence-corrected chi connectivity index (χ0v) is 15.6. The molecular weight excluding hydrogens is 324 g/mol. The van der Waals surface area contributed by atoms with Crippen molar-refractivity contribution in [1.29, 1.82) is 0 Å². The van der Waals surface area contributed by atoms with Gasteiger partial charge in [-0.15, -0.1) is 0 Å². The van der Waals surface area contributed by atoms with E-state index in [2.05, 4.69) is 44.4 Å². The van der Waals surface area contributed by atoms with Crippen LogP contribution in [0, 0.1) is 0 Å². The van der Waals surface area contributed by atoms with E-state index in [4.69, 9.17) is 4.74 Å². The third-order valence-corrected chi connectivity index (χ3v) is 5.54. The van der Waals surface area contributed by atoms with Crippen LogP contribution in [-0.4, -0.2) is 56.3 Å². The Morgan fingerprint density at radius 1 is 1.12 bits per heavy atom. The summed E-state index contributed by atoms with van der Waals surface area (Å²) in [5.41, 5.74) is 4.15. The summed E-state index contributed by atoms with van der Waals surface area (Å²) < 4.78 is 5.53. The zero-order valence-electron chi connectivity index (χ0n) is 15.6. The van der Waals surface area contributed by atoms with Crippen molar-refractivity contribution in [3.8, 4) is 5.75 Å². The minimum Gasteiger partial charge on any atom is -0.495 e. The second-order valence-corrected chi connectivity index (χ2v) is 7.08. The van der Waals surface area contributed by atoms with E-state index in [0.717, 1.165) is 63.7 Å². The van der Waals surface area contributed by atoms with Crippen LogP contribution in [-0.2, 0) is 12.8 Å². The number of aromatic nitrogens is 1. The highest BCUT2D eigenvalue weighted by Crippen LogP contribution is 2.34. The number of piperazine rings is 1. The van der Waals surface area contributed by atoms with Gasteiger partial charge in [0, 0.05) is 45.5 Å². The second-order valence-electron chi connectivity index (χ2n) is 7.08. The maximum Gasteiger partial charge on any atom is 0.142 e. The van der Waals surface area contributed by atoms with Crippen LogP contribution >= 0.6 is 0 Å². The van der Waals surface area contributed by atoms with Crippen LogP contribution in [0.4, 0.5) is 11.5 Å². The van der Waals surface area contributed by atoms with Gasteiger partial charge >= 0.3 is 0 Å². The molecule has 1 N–H and O–H groups in total. The summed E-state index contributed by atoms with van der Waals surface area (Å²) in [6, 6.07) is 10.5. The Morgan fingerprint density at radius 3 is 2.77 bits per heavy atom. The van der Waals surface area contributed by atoms with Crippen molar-refractivity contribution >= 4 is 11.5 Å². The van der Waals surface area contributed by atoms with Crippen molar-refractivity contribution in [1.82, 2.24) is 9.88 Å². The Labute approximate surface area is 156 Å².